The normalized spacial score (nSPS) is 25.6. The number of carboxylic acid groups (broad SMARTS) is 1. The van der Waals surface area contributed by atoms with E-state index in [4.69, 9.17) is 0 Å². The first-order valence-electron chi connectivity index (χ1n) is 10.2. The molecule has 2 saturated heterocycles. The van der Waals surface area contributed by atoms with Crippen LogP contribution >= 0.6 is 0 Å². The fourth-order valence-corrected chi connectivity index (χ4v) is 5.16. The molecule has 2 aliphatic heterocycles. The molecule has 0 radical (unpaired) electrons. The molecule has 0 spiro atoms. The van der Waals surface area contributed by atoms with Crippen molar-refractivity contribution in [3.05, 3.63) is 65.0 Å². The van der Waals surface area contributed by atoms with Crippen LogP contribution in [0.3, 0.4) is 0 Å². The van der Waals surface area contributed by atoms with Crippen molar-refractivity contribution in [2.24, 2.45) is 0 Å². The van der Waals surface area contributed by atoms with Gasteiger partial charge in [-0.1, -0.05) is 42.5 Å². The van der Waals surface area contributed by atoms with Gasteiger partial charge in [0.05, 0.1) is 11.4 Å². The maximum atomic E-state index is 11.7. The van der Waals surface area contributed by atoms with Gasteiger partial charge in [-0.3, -0.25) is 9.88 Å². The number of carboxylic acids is 1. The van der Waals surface area contributed by atoms with Crippen LogP contribution in [0.4, 0.5) is 5.69 Å². The summed E-state index contributed by atoms with van der Waals surface area (Å²) in [6.07, 6.45) is 10.9. The Bertz CT molecular complexity index is 911. The van der Waals surface area contributed by atoms with Crippen molar-refractivity contribution in [2.75, 3.05) is 5.32 Å². The zero-order chi connectivity index (χ0) is 19.1. The average molecular weight is 375 g/mol. The topological polar surface area (TPSA) is 65.5 Å². The molecule has 3 aliphatic rings. The van der Waals surface area contributed by atoms with E-state index in [1.165, 1.54) is 24.6 Å². The number of benzene rings is 1. The first-order valence-corrected chi connectivity index (χ1v) is 10.2. The lowest BCUT2D eigenvalue weighted by Gasteiger charge is -2.40. The molecule has 1 aliphatic carbocycles. The molecular formula is C23H25N3O2. The van der Waals surface area contributed by atoms with Crippen LogP contribution in [0.15, 0.2) is 42.6 Å². The molecule has 2 fully saturated rings. The molecular weight excluding hydrogens is 350 g/mol. The van der Waals surface area contributed by atoms with Crippen molar-refractivity contribution in [1.82, 2.24) is 9.88 Å². The lowest BCUT2D eigenvalue weighted by molar-refractivity contribution is 0.0697. The second kappa shape index (κ2) is 7.06. The fourth-order valence-electron chi connectivity index (χ4n) is 5.16. The third-order valence-electron chi connectivity index (χ3n) is 6.47. The van der Waals surface area contributed by atoms with Gasteiger partial charge in [-0.2, -0.15) is 0 Å². The summed E-state index contributed by atoms with van der Waals surface area (Å²) in [5.74, 6) is -0.914. The number of rotatable bonds is 5. The van der Waals surface area contributed by atoms with Crippen molar-refractivity contribution in [2.45, 2.75) is 56.8 Å². The fraction of sp³-hybridized carbons (Fsp3) is 0.391. The number of hydrogen-bond acceptors (Lipinski definition) is 4. The summed E-state index contributed by atoms with van der Waals surface area (Å²) >= 11 is 0. The molecule has 0 saturated carbocycles. The number of aromatic nitrogens is 1. The monoisotopic (exact) mass is 375 g/mol. The summed E-state index contributed by atoms with van der Waals surface area (Å²) in [5, 5.41) is 13.3. The smallest absolute Gasteiger partial charge is 0.339 e. The number of allylic oxidation sites excluding steroid dienone is 1. The molecule has 1 unspecified atom stereocenters. The third kappa shape index (κ3) is 3.10. The van der Waals surface area contributed by atoms with Crippen molar-refractivity contribution in [1.29, 1.82) is 0 Å². The molecule has 144 valence electrons. The summed E-state index contributed by atoms with van der Waals surface area (Å²) < 4.78 is 0. The summed E-state index contributed by atoms with van der Waals surface area (Å²) in [5.41, 5.74) is 4.34. The summed E-state index contributed by atoms with van der Waals surface area (Å²) in [7, 11) is 0. The van der Waals surface area contributed by atoms with Gasteiger partial charge in [0.25, 0.3) is 0 Å². The Morgan fingerprint density at radius 2 is 1.93 bits per heavy atom. The van der Waals surface area contributed by atoms with Gasteiger partial charge in [0, 0.05) is 42.9 Å². The van der Waals surface area contributed by atoms with E-state index in [9.17, 15) is 9.90 Å². The summed E-state index contributed by atoms with van der Waals surface area (Å²) in [4.78, 5) is 18.7. The SMILES string of the molecule is O=C(O)c1cnc2c(c1NC1C[C@H]3CC[C@@H](C1)N3Cc1ccccc1)C=CC2. The highest BCUT2D eigenvalue weighted by Crippen LogP contribution is 2.39. The van der Waals surface area contributed by atoms with E-state index < -0.39 is 5.97 Å². The molecule has 2 aromatic rings. The maximum absolute atomic E-state index is 11.7. The van der Waals surface area contributed by atoms with Crippen LogP contribution in [-0.4, -0.2) is 39.1 Å². The molecule has 0 amide bonds. The van der Waals surface area contributed by atoms with Crippen molar-refractivity contribution < 1.29 is 9.90 Å². The Morgan fingerprint density at radius 3 is 2.64 bits per heavy atom. The molecule has 28 heavy (non-hydrogen) atoms. The van der Waals surface area contributed by atoms with Gasteiger partial charge in [-0.25, -0.2) is 4.79 Å². The van der Waals surface area contributed by atoms with E-state index in [0.717, 1.165) is 42.8 Å². The van der Waals surface area contributed by atoms with Crippen LogP contribution in [0.25, 0.3) is 6.08 Å². The minimum Gasteiger partial charge on any atom is -0.478 e. The van der Waals surface area contributed by atoms with Gasteiger partial charge >= 0.3 is 5.97 Å². The predicted octanol–water partition coefficient (Wildman–Crippen LogP) is 3.96. The minimum absolute atomic E-state index is 0.282. The van der Waals surface area contributed by atoms with E-state index >= 15 is 0 Å². The quantitative estimate of drug-likeness (QED) is 0.828. The second-order valence-electron chi connectivity index (χ2n) is 8.17. The van der Waals surface area contributed by atoms with Gasteiger partial charge in [0.2, 0.25) is 0 Å². The molecule has 3 heterocycles. The molecule has 2 N–H and O–H groups in total. The van der Waals surface area contributed by atoms with Gasteiger partial charge < -0.3 is 10.4 Å². The lowest BCUT2D eigenvalue weighted by Crippen LogP contribution is -2.46. The first kappa shape index (κ1) is 17.4. The summed E-state index contributed by atoms with van der Waals surface area (Å²) in [6.45, 7) is 1.01. The molecule has 1 aromatic carbocycles. The van der Waals surface area contributed by atoms with E-state index in [0.29, 0.717) is 18.1 Å². The van der Waals surface area contributed by atoms with Crippen LogP contribution in [0, 0.1) is 0 Å². The minimum atomic E-state index is -0.914. The molecule has 1 aromatic heterocycles. The van der Waals surface area contributed by atoms with Crippen LogP contribution in [0.5, 0.6) is 0 Å². The van der Waals surface area contributed by atoms with E-state index in [1.807, 2.05) is 6.08 Å². The van der Waals surface area contributed by atoms with Crippen LogP contribution in [-0.2, 0) is 13.0 Å². The van der Waals surface area contributed by atoms with Gasteiger partial charge in [-0.15, -0.1) is 0 Å². The van der Waals surface area contributed by atoms with Gasteiger partial charge in [0.15, 0.2) is 0 Å². The lowest BCUT2D eigenvalue weighted by atomic mass is 9.95. The number of aromatic carboxylic acids is 1. The second-order valence-corrected chi connectivity index (χ2v) is 8.17. The summed E-state index contributed by atoms with van der Waals surface area (Å²) in [6, 6.07) is 12.1. The maximum Gasteiger partial charge on any atom is 0.339 e. The first-order chi connectivity index (χ1) is 13.7. The van der Waals surface area contributed by atoms with Crippen LogP contribution in [0.1, 0.15) is 52.9 Å². The zero-order valence-electron chi connectivity index (χ0n) is 15.8. The average Bonchev–Trinajstić information content (AvgIpc) is 3.25. The number of nitrogens with zero attached hydrogens (tertiary/aromatic N) is 2. The molecule has 5 heteroatoms. The molecule has 5 nitrogen and oxygen atoms in total. The number of nitrogens with one attached hydrogen (secondary N) is 1. The van der Waals surface area contributed by atoms with Crippen LogP contribution < -0.4 is 5.32 Å². The Kier molecular flexibility index (Phi) is 4.40. The number of fused-ring (bicyclic) bond motifs is 3. The zero-order valence-corrected chi connectivity index (χ0v) is 15.8. The van der Waals surface area contributed by atoms with E-state index in [-0.39, 0.29) is 5.56 Å². The van der Waals surface area contributed by atoms with Crippen molar-refractivity contribution >= 4 is 17.7 Å². The van der Waals surface area contributed by atoms with Crippen LogP contribution in [0.2, 0.25) is 0 Å². The number of pyridine rings is 1. The number of anilines is 1. The standard InChI is InChI=1S/C23H25N3O2/c27-23(28)20-13-24-21-8-4-7-19(21)22(20)25-16-11-17-9-10-18(12-16)26(17)14-15-5-2-1-3-6-15/h1-7,13,16-18H,8-12,14H2,(H,24,25)(H,27,28)/t16?,17-,18+. The Morgan fingerprint density at radius 1 is 1.18 bits per heavy atom. The largest absolute Gasteiger partial charge is 0.478 e. The van der Waals surface area contributed by atoms with Crippen molar-refractivity contribution in [3.63, 3.8) is 0 Å². The number of hydrogen-bond donors (Lipinski definition) is 2. The Hall–Kier alpha value is -2.66. The highest BCUT2D eigenvalue weighted by atomic mass is 16.4. The van der Waals surface area contributed by atoms with Crippen molar-refractivity contribution in [3.8, 4) is 0 Å². The van der Waals surface area contributed by atoms with E-state index in [1.54, 1.807) is 0 Å². The van der Waals surface area contributed by atoms with Gasteiger partial charge in [0.1, 0.15) is 5.56 Å². The number of carbonyl (C=O) groups is 1. The molecule has 2 bridgehead atoms. The Balaban J connectivity index is 1.35. The Labute approximate surface area is 165 Å². The highest BCUT2D eigenvalue weighted by molar-refractivity contribution is 5.97. The number of piperidine rings is 1. The molecule has 5 rings (SSSR count). The predicted molar refractivity (Wildman–Crippen MR) is 109 cm³/mol. The van der Waals surface area contributed by atoms with Gasteiger partial charge in [-0.05, 0) is 31.2 Å². The van der Waals surface area contributed by atoms with E-state index in [2.05, 4.69) is 51.6 Å². The molecule has 3 atom stereocenters. The third-order valence-corrected chi connectivity index (χ3v) is 6.47. The highest BCUT2D eigenvalue weighted by Gasteiger charge is 2.41.